The maximum atomic E-state index is 12.4. The highest BCUT2D eigenvalue weighted by Crippen LogP contribution is 2.26. The molecule has 3 aromatic carbocycles. The van der Waals surface area contributed by atoms with Gasteiger partial charge in [-0.05, 0) is 73.7 Å². The van der Waals surface area contributed by atoms with E-state index in [1.54, 1.807) is 42.5 Å². The molecule has 160 valence electrons. The monoisotopic (exact) mass is 459 g/mol. The van der Waals surface area contributed by atoms with Crippen LogP contribution in [0.1, 0.15) is 17.3 Å². The molecule has 0 bridgehead atoms. The summed E-state index contributed by atoms with van der Waals surface area (Å²) in [6.07, 6.45) is 0. The fraction of sp³-hybridized carbons (Fsp3) is 0.130. The summed E-state index contributed by atoms with van der Waals surface area (Å²) in [5, 5.41) is 3.51. The highest BCUT2D eigenvalue weighted by molar-refractivity contribution is 6.35. The Bertz CT molecular complexity index is 1050. The SMILES string of the molecule is CCOc1ccc(OCC(=O)Oc2ccc(C(=O)Nc3cc(Cl)ccc3Cl)cc2)cc1. The minimum atomic E-state index is -0.572. The second kappa shape index (κ2) is 10.7. The van der Waals surface area contributed by atoms with Crippen LogP contribution in [0.5, 0.6) is 17.2 Å². The topological polar surface area (TPSA) is 73.9 Å². The second-order valence-corrected chi connectivity index (χ2v) is 7.11. The Morgan fingerprint density at radius 3 is 2.10 bits per heavy atom. The Balaban J connectivity index is 1.51. The van der Waals surface area contributed by atoms with E-state index in [0.717, 1.165) is 5.75 Å². The first-order chi connectivity index (χ1) is 14.9. The van der Waals surface area contributed by atoms with Crippen molar-refractivity contribution in [1.29, 1.82) is 0 Å². The fourth-order valence-corrected chi connectivity index (χ4v) is 2.90. The van der Waals surface area contributed by atoms with Crippen LogP contribution < -0.4 is 19.5 Å². The largest absolute Gasteiger partial charge is 0.494 e. The predicted octanol–water partition coefficient (Wildman–Crippen LogP) is 5.63. The zero-order valence-corrected chi connectivity index (χ0v) is 18.1. The zero-order valence-electron chi connectivity index (χ0n) is 16.6. The van der Waals surface area contributed by atoms with Gasteiger partial charge in [-0.25, -0.2) is 4.79 Å². The number of amides is 1. The van der Waals surface area contributed by atoms with E-state index in [0.29, 0.717) is 33.7 Å². The molecule has 0 aromatic heterocycles. The van der Waals surface area contributed by atoms with E-state index in [9.17, 15) is 9.59 Å². The lowest BCUT2D eigenvalue weighted by atomic mass is 10.2. The van der Waals surface area contributed by atoms with E-state index in [4.69, 9.17) is 37.4 Å². The van der Waals surface area contributed by atoms with Crippen molar-refractivity contribution < 1.29 is 23.8 Å². The van der Waals surface area contributed by atoms with Gasteiger partial charge in [-0.15, -0.1) is 0 Å². The standard InChI is InChI=1S/C23H19Cl2NO5/c1-2-29-17-8-10-18(11-9-17)30-14-22(27)31-19-6-3-15(4-7-19)23(28)26-21-13-16(24)5-12-20(21)25/h3-13H,2,14H2,1H3,(H,26,28). The molecule has 0 unspecified atom stereocenters. The maximum Gasteiger partial charge on any atom is 0.349 e. The molecule has 0 saturated carbocycles. The molecule has 3 aromatic rings. The van der Waals surface area contributed by atoms with Crippen LogP contribution in [0.3, 0.4) is 0 Å². The summed E-state index contributed by atoms with van der Waals surface area (Å²) < 4.78 is 16.0. The third-order valence-electron chi connectivity index (χ3n) is 4.02. The van der Waals surface area contributed by atoms with E-state index >= 15 is 0 Å². The van der Waals surface area contributed by atoms with Crippen LogP contribution in [0.4, 0.5) is 5.69 Å². The van der Waals surface area contributed by atoms with Crippen LogP contribution in [0.2, 0.25) is 10.0 Å². The van der Waals surface area contributed by atoms with Crippen molar-refractivity contribution in [2.45, 2.75) is 6.92 Å². The molecule has 31 heavy (non-hydrogen) atoms. The molecule has 0 aliphatic heterocycles. The van der Waals surface area contributed by atoms with Gasteiger partial charge in [-0.1, -0.05) is 23.2 Å². The summed E-state index contributed by atoms with van der Waals surface area (Å²) in [7, 11) is 0. The average molecular weight is 460 g/mol. The summed E-state index contributed by atoms with van der Waals surface area (Å²) in [6, 6.07) is 17.8. The molecule has 0 saturated heterocycles. The van der Waals surface area contributed by atoms with Gasteiger partial charge in [0.1, 0.15) is 17.2 Å². The van der Waals surface area contributed by atoms with Gasteiger partial charge in [0.15, 0.2) is 6.61 Å². The third-order valence-corrected chi connectivity index (χ3v) is 4.58. The van der Waals surface area contributed by atoms with Crippen molar-refractivity contribution in [3.63, 3.8) is 0 Å². The number of rotatable bonds is 8. The molecule has 3 rings (SSSR count). The number of carbonyl (C=O) groups is 2. The average Bonchev–Trinajstić information content (AvgIpc) is 2.76. The quantitative estimate of drug-likeness (QED) is 0.349. The van der Waals surface area contributed by atoms with Crippen LogP contribution >= 0.6 is 23.2 Å². The lowest BCUT2D eigenvalue weighted by Gasteiger charge is -2.09. The van der Waals surface area contributed by atoms with E-state index < -0.39 is 5.97 Å². The molecule has 0 heterocycles. The summed E-state index contributed by atoms with van der Waals surface area (Å²) in [4.78, 5) is 24.4. The van der Waals surface area contributed by atoms with Crippen LogP contribution in [-0.4, -0.2) is 25.1 Å². The number of carbonyl (C=O) groups excluding carboxylic acids is 2. The van der Waals surface area contributed by atoms with Crippen LogP contribution in [0, 0.1) is 0 Å². The van der Waals surface area contributed by atoms with Gasteiger partial charge in [0.2, 0.25) is 0 Å². The molecule has 0 spiro atoms. The highest BCUT2D eigenvalue weighted by atomic mass is 35.5. The smallest absolute Gasteiger partial charge is 0.349 e. The number of nitrogens with one attached hydrogen (secondary N) is 1. The second-order valence-electron chi connectivity index (χ2n) is 6.27. The Hall–Kier alpha value is -3.22. The Kier molecular flexibility index (Phi) is 7.76. The van der Waals surface area contributed by atoms with Gasteiger partial charge in [-0.3, -0.25) is 4.79 Å². The number of benzene rings is 3. The molecule has 8 heteroatoms. The Morgan fingerprint density at radius 1 is 0.839 bits per heavy atom. The number of esters is 1. The summed E-state index contributed by atoms with van der Waals surface area (Å²) >= 11 is 12.0. The van der Waals surface area contributed by atoms with Crippen molar-refractivity contribution in [1.82, 2.24) is 0 Å². The van der Waals surface area contributed by atoms with Crippen molar-refractivity contribution in [3.8, 4) is 17.2 Å². The fourth-order valence-electron chi connectivity index (χ4n) is 2.56. The number of hydrogen-bond acceptors (Lipinski definition) is 5. The molecule has 1 amide bonds. The van der Waals surface area contributed by atoms with Gasteiger partial charge >= 0.3 is 5.97 Å². The molecule has 1 N–H and O–H groups in total. The lowest BCUT2D eigenvalue weighted by molar-refractivity contribution is -0.136. The van der Waals surface area contributed by atoms with Crippen molar-refractivity contribution in [2.75, 3.05) is 18.5 Å². The highest BCUT2D eigenvalue weighted by Gasteiger charge is 2.11. The molecule has 0 radical (unpaired) electrons. The lowest BCUT2D eigenvalue weighted by Crippen LogP contribution is -2.18. The number of hydrogen-bond donors (Lipinski definition) is 1. The van der Waals surface area contributed by atoms with Gasteiger partial charge in [-0.2, -0.15) is 0 Å². The van der Waals surface area contributed by atoms with Crippen molar-refractivity contribution in [3.05, 3.63) is 82.3 Å². The Labute approximate surface area is 189 Å². The van der Waals surface area contributed by atoms with Gasteiger partial charge in [0.25, 0.3) is 5.91 Å². The summed E-state index contributed by atoms with van der Waals surface area (Å²) in [5.41, 5.74) is 0.766. The summed E-state index contributed by atoms with van der Waals surface area (Å²) in [5.74, 6) is 0.585. The van der Waals surface area contributed by atoms with Crippen molar-refractivity contribution >= 4 is 40.8 Å². The summed E-state index contributed by atoms with van der Waals surface area (Å²) in [6.45, 7) is 2.21. The zero-order chi connectivity index (χ0) is 22.2. The molecular formula is C23H19Cl2NO5. The Morgan fingerprint density at radius 2 is 1.45 bits per heavy atom. The first-order valence-electron chi connectivity index (χ1n) is 9.37. The molecule has 0 fully saturated rings. The number of anilines is 1. The number of halogens is 2. The molecule has 6 nitrogen and oxygen atoms in total. The van der Waals surface area contributed by atoms with Crippen LogP contribution in [-0.2, 0) is 4.79 Å². The van der Waals surface area contributed by atoms with Crippen molar-refractivity contribution in [2.24, 2.45) is 0 Å². The van der Waals surface area contributed by atoms with Crippen LogP contribution in [0.15, 0.2) is 66.7 Å². The van der Waals surface area contributed by atoms with E-state index in [-0.39, 0.29) is 18.3 Å². The predicted molar refractivity (Wildman–Crippen MR) is 120 cm³/mol. The van der Waals surface area contributed by atoms with E-state index in [1.807, 2.05) is 6.92 Å². The molecule has 0 aliphatic carbocycles. The maximum absolute atomic E-state index is 12.4. The number of ether oxygens (including phenoxy) is 3. The van der Waals surface area contributed by atoms with E-state index in [1.165, 1.54) is 24.3 Å². The molecule has 0 atom stereocenters. The third kappa shape index (κ3) is 6.64. The van der Waals surface area contributed by atoms with E-state index in [2.05, 4.69) is 5.32 Å². The van der Waals surface area contributed by atoms with Gasteiger partial charge < -0.3 is 19.5 Å². The van der Waals surface area contributed by atoms with Crippen LogP contribution in [0.25, 0.3) is 0 Å². The van der Waals surface area contributed by atoms with Gasteiger partial charge in [0, 0.05) is 10.6 Å². The first-order valence-corrected chi connectivity index (χ1v) is 10.1. The normalized spacial score (nSPS) is 10.3. The molecule has 0 aliphatic rings. The minimum Gasteiger partial charge on any atom is -0.494 e. The first kappa shape index (κ1) is 22.5. The molecular weight excluding hydrogens is 441 g/mol. The minimum absolute atomic E-state index is 0.260. The van der Waals surface area contributed by atoms with Gasteiger partial charge in [0.05, 0.1) is 17.3 Å².